The Hall–Kier alpha value is -3.73. The van der Waals surface area contributed by atoms with Crippen molar-refractivity contribution in [2.45, 2.75) is 11.1 Å². The zero-order valence-electron chi connectivity index (χ0n) is 15.7. The second kappa shape index (κ2) is 7.20. The quantitative estimate of drug-likeness (QED) is 0.510. The molecule has 0 radical (unpaired) electrons. The van der Waals surface area contributed by atoms with Crippen LogP contribution in [0.5, 0.6) is 0 Å². The van der Waals surface area contributed by atoms with Crippen molar-refractivity contribution in [1.82, 2.24) is 19.6 Å². The number of hydrogen-bond acceptors (Lipinski definition) is 6. The Morgan fingerprint density at radius 1 is 1.00 bits per heavy atom. The second-order valence-corrected chi connectivity index (χ2v) is 8.42. The average Bonchev–Trinajstić information content (AvgIpc) is 3.16. The summed E-state index contributed by atoms with van der Waals surface area (Å²) in [5.41, 5.74) is 6.29. The van der Waals surface area contributed by atoms with E-state index in [0.29, 0.717) is 16.9 Å². The molecule has 0 unspecified atom stereocenters. The number of rotatable bonds is 4. The molecule has 0 saturated heterocycles. The maximum Gasteiger partial charge on any atom is 0.419 e. The van der Waals surface area contributed by atoms with Crippen LogP contribution in [0.15, 0.2) is 71.7 Å². The van der Waals surface area contributed by atoms with Crippen LogP contribution in [0.2, 0.25) is 0 Å². The minimum Gasteiger partial charge on any atom is -0.383 e. The highest BCUT2D eigenvalue weighted by molar-refractivity contribution is 7.94. The Morgan fingerprint density at radius 2 is 1.71 bits per heavy atom. The maximum absolute atomic E-state index is 13.2. The van der Waals surface area contributed by atoms with Gasteiger partial charge in [-0.15, -0.1) is 0 Å². The van der Waals surface area contributed by atoms with Crippen LogP contribution in [0.25, 0.3) is 28.2 Å². The third-order valence-corrected chi connectivity index (χ3v) is 5.95. The van der Waals surface area contributed by atoms with E-state index in [2.05, 4.69) is 21.6 Å². The number of benzene rings is 1. The molecule has 0 bridgehead atoms. The highest BCUT2D eigenvalue weighted by Crippen LogP contribution is 2.35. The van der Waals surface area contributed by atoms with E-state index in [4.69, 9.17) is 5.73 Å². The van der Waals surface area contributed by atoms with E-state index >= 15 is 0 Å². The fourth-order valence-electron chi connectivity index (χ4n) is 2.98. The van der Waals surface area contributed by atoms with Gasteiger partial charge >= 0.3 is 6.18 Å². The lowest BCUT2D eigenvalue weighted by Gasteiger charge is -2.11. The SMILES string of the molecule is C=CS(=O)(=O)c1ccc(-c2cnc3ccc(-c4cnc(N)c(C(F)(F)F)c4)nn23)cc1. The van der Waals surface area contributed by atoms with Crippen LogP contribution in [0.4, 0.5) is 19.0 Å². The van der Waals surface area contributed by atoms with Crippen LogP contribution < -0.4 is 5.73 Å². The van der Waals surface area contributed by atoms with Gasteiger partial charge in [0.25, 0.3) is 0 Å². The van der Waals surface area contributed by atoms with Crippen molar-refractivity contribution in [3.8, 4) is 22.5 Å². The summed E-state index contributed by atoms with van der Waals surface area (Å²) in [6.07, 6.45) is -1.90. The van der Waals surface area contributed by atoms with Crippen molar-refractivity contribution in [3.05, 3.63) is 72.4 Å². The van der Waals surface area contributed by atoms with E-state index in [1.165, 1.54) is 35.1 Å². The molecule has 4 rings (SSSR count). The van der Waals surface area contributed by atoms with Gasteiger partial charge < -0.3 is 5.73 Å². The molecule has 11 heteroatoms. The van der Waals surface area contributed by atoms with E-state index < -0.39 is 27.4 Å². The first-order valence-electron chi connectivity index (χ1n) is 8.76. The number of nitrogens with two attached hydrogens (primary N) is 1. The van der Waals surface area contributed by atoms with Crippen molar-refractivity contribution < 1.29 is 21.6 Å². The van der Waals surface area contributed by atoms with Crippen molar-refractivity contribution in [2.75, 3.05) is 5.73 Å². The van der Waals surface area contributed by atoms with Gasteiger partial charge in [-0.1, -0.05) is 18.7 Å². The van der Waals surface area contributed by atoms with E-state index in [0.717, 1.165) is 11.5 Å². The number of fused-ring (bicyclic) bond motifs is 1. The summed E-state index contributed by atoms with van der Waals surface area (Å²) in [6.45, 7) is 3.29. The first-order chi connectivity index (χ1) is 14.6. The molecular weight excluding hydrogens is 431 g/mol. The van der Waals surface area contributed by atoms with Crippen LogP contribution in [0.3, 0.4) is 0 Å². The van der Waals surface area contributed by atoms with Gasteiger partial charge in [-0.2, -0.15) is 18.3 Å². The summed E-state index contributed by atoms with van der Waals surface area (Å²) in [4.78, 5) is 7.96. The normalized spacial score (nSPS) is 12.2. The zero-order valence-corrected chi connectivity index (χ0v) is 16.5. The number of pyridine rings is 1. The summed E-state index contributed by atoms with van der Waals surface area (Å²) < 4.78 is 64.8. The largest absolute Gasteiger partial charge is 0.419 e. The number of nitrogen functional groups attached to an aromatic ring is 1. The van der Waals surface area contributed by atoms with Crippen LogP contribution in [0.1, 0.15) is 5.56 Å². The monoisotopic (exact) mass is 445 g/mol. The molecule has 1 aromatic carbocycles. The summed E-state index contributed by atoms with van der Waals surface area (Å²) >= 11 is 0. The van der Waals surface area contributed by atoms with Crippen molar-refractivity contribution >= 4 is 21.3 Å². The zero-order chi connectivity index (χ0) is 22.4. The van der Waals surface area contributed by atoms with E-state index in [1.54, 1.807) is 18.2 Å². The number of sulfone groups is 1. The third-order valence-electron chi connectivity index (χ3n) is 4.58. The van der Waals surface area contributed by atoms with Crippen molar-refractivity contribution in [1.29, 1.82) is 0 Å². The highest BCUT2D eigenvalue weighted by Gasteiger charge is 2.34. The van der Waals surface area contributed by atoms with Gasteiger partial charge in [0.05, 0.1) is 28.0 Å². The number of halogens is 3. The highest BCUT2D eigenvalue weighted by atomic mass is 32.2. The van der Waals surface area contributed by atoms with Gasteiger partial charge in [0.1, 0.15) is 5.82 Å². The van der Waals surface area contributed by atoms with Crippen LogP contribution in [-0.4, -0.2) is 28.0 Å². The van der Waals surface area contributed by atoms with Gasteiger partial charge in [-0.05, 0) is 30.3 Å². The molecular formula is C20H14F3N5O2S. The molecule has 0 saturated carbocycles. The second-order valence-electron chi connectivity index (χ2n) is 6.52. The van der Waals surface area contributed by atoms with Crippen LogP contribution >= 0.6 is 0 Å². The van der Waals surface area contributed by atoms with E-state index in [1.807, 2.05) is 0 Å². The summed E-state index contributed by atoms with van der Waals surface area (Å²) in [5.74, 6) is -0.616. The molecule has 0 spiro atoms. The van der Waals surface area contributed by atoms with Gasteiger partial charge in [0.2, 0.25) is 0 Å². The molecule has 3 heterocycles. The number of nitrogens with zero attached hydrogens (tertiary/aromatic N) is 4. The van der Waals surface area contributed by atoms with Gasteiger partial charge in [0, 0.05) is 22.7 Å². The first kappa shape index (κ1) is 20.5. The predicted octanol–water partition coefficient (Wildman–Crippen LogP) is 3.98. The Morgan fingerprint density at radius 3 is 2.35 bits per heavy atom. The molecule has 0 atom stereocenters. The number of hydrogen-bond donors (Lipinski definition) is 1. The number of alkyl halides is 3. The van der Waals surface area contributed by atoms with E-state index in [9.17, 15) is 21.6 Å². The molecule has 0 fully saturated rings. The standard InChI is InChI=1S/C20H14F3N5O2S/c1-2-31(29,30)14-5-3-12(4-6-14)17-11-25-18-8-7-16(27-28(17)18)13-9-15(20(21,22)23)19(24)26-10-13/h2-11H,1H2,(H2,24,26). The number of aromatic nitrogens is 4. The summed E-state index contributed by atoms with van der Waals surface area (Å²) in [6, 6.07) is 10.0. The Balaban J connectivity index is 1.80. The third kappa shape index (κ3) is 3.75. The molecule has 0 amide bonds. The lowest BCUT2D eigenvalue weighted by Crippen LogP contribution is -2.10. The fraction of sp³-hybridized carbons (Fsp3) is 0.0500. The number of imidazole rings is 1. The first-order valence-corrected chi connectivity index (χ1v) is 10.3. The Kier molecular flexibility index (Phi) is 4.77. The Labute approximate surface area is 174 Å². The summed E-state index contributed by atoms with van der Waals surface area (Å²) in [7, 11) is -3.57. The minimum absolute atomic E-state index is 0.0846. The molecule has 3 aromatic heterocycles. The predicted molar refractivity (Wildman–Crippen MR) is 108 cm³/mol. The fourth-order valence-corrected chi connectivity index (χ4v) is 3.69. The Bertz CT molecular complexity index is 1410. The number of anilines is 1. The molecule has 0 aliphatic carbocycles. The smallest absolute Gasteiger partial charge is 0.383 e. The lowest BCUT2D eigenvalue weighted by atomic mass is 10.1. The van der Waals surface area contributed by atoms with Crippen molar-refractivity contribution in [3.63, 3.8) is 0 Å². The molecule has 0 aliphatic rings. The maximum atomic E-state index is 13.2. The van der Waals surface area contributed by atoms with Gasteiger partial charge in [-0.3, -0.25) is 0 Å². The molecule has 7 nitrogen and oxygen atoms in total. The molecule has 0 aliphatic heterocycles. The molecule has 4 aromatic rings. The molecule has 31 heavy (non-hydrogen) atoms. The van der Waals surface area contributed by atoms with E-state index in [-0.39, 0.29) is 16.2 Å². The van der Waals surface area contributed by atoms with Gasteiger partial charge in [-0.25, -0.2) is 22.9 Å². The van der Waals surface area contributed by atoms with Crippen LogP contribution in [0, 0.1) is 0 Å². The molecule has 2 N–H and O–H groups in total. The topological polar surface area (TPSA) is 103 Å². The lowest BCUT2D eigenvalue weighted by molar-refractivity contribution is -0.137. The average molecular weight is 445 g/mol. The summed E-state index contributed by atoms with van der Waals surface area (Å²) in [5, 5.41) is 5.25. The van der Waals surface area contributed by atoms with Gasteiger partial charge in [0.15, 0.2) is 15.5 Å². The van der Waals surface area contributed by atoms with Crippen molar-refractivity contribution in [2.24, 2.45) is 0 Å². The molecule has 158 valence electrons. The van der Waals surface area contributed by atoms with Crippen LogP contribution in [-0.2, 0) is 16.0 Å². The minimum atomic E-state index is -4.65.